The summed E-state index contributed by atoms with van der Waals surface area (Å²) in [6.45, 7) is 2.01. The topological polar surface area (TPSA) is 92.4 Å². The number of anilines is 1. The average Bonchev–Trinajstić information content (AvgIpc) is 3.26. The summed E-state index contributed by atoms with van der Waals surface area (Å²) in [6, 6.07) is 2.10. The van der Waals surface area contributed by atoms with Crippen LogP contribution in [0.2, 0.25) is 0 Å². The molecule has 8 nitrogen and oxygen atoms in total. The molecular weight excluding hydrogens is 318 g/mol. The van der Waals surface area contributed by atoms with E-state index in [1.54, 1.807) is 0 Å². The van der Waals surface area contributed by atoms with Crippen molar-refractivity contribution in [3.63, 3.8) is 0 Å². The van der Waals surface area contributed by atoms with Gasteiger partial charge in [-0.25, -0.2) is 8.42 Å². The van der Waals surface area contributed by atoms with Gasteiger partial charge < -0.3 is 9.42 Å². The van der Waals surface area contributed by atoms with E-state index in [1.807, 2.05) is 0 Å². The van der Waals surface area contributed by atoms with Gasteiger partial charge in [0.25, 0.3) is 0 Å². The smallest absolute Gasteiger partial charge is 0.248 e. The molecule has 0 atom stereocenters. The van der Waals surface area contributed by atoms with Gasteiger partial charge in [-0.2, -0.15) is 9.40 Å². The van der Waals surface area contributed by atoms with Crippen LogP contribution in [-0.2, 0) is 22.9 Å². The van der Waals surface area contributed by atoms with Crippen LogP contribution in [0.4, 0.5) is 5.82 Å². The normalized spacial score (nSPS) is 19.0. The number of aryl methyl sites for hydroxylation is 2. The van der Waals surface area contributed by atoms with E-state index in [2.05, 4.69) is 30.8 Å². The first-order valence-electron chi connectivity index (χ1n) is 7.64. The molecule has 0 radical (unpaired) electrons. The van der Waals surface area contributed by atoms with Gasteiger partial charge in [0.1, 0.15) is 11.2 Å². The second-order valence-corrected chi connectivity index (χ2v) is 7.72. The van der Waals surface area contributed by atoms with Crippen molar-refractivity contribution in [2.75, 3.05) is 31.1 Å². The minimum Gasteiger partial charge on any atom is -0.363 e. The van der Waals surface area contributed by atoms with Gasteiger partial charge in [-0.1, -0.05) is 5.16 Å². The van der Waals surface area contributed by atoms with Gasteiger partial charge in [0, 0.05) is 26.2 Å². The van der Waals surface area contributed by atoms with Crippen molar-refractivity contribution in [3.8, 4) is 0 Å². The maximum absolute atomic E-state index is 12.4. The minimum absolute atomic E-state index is 0.100. The van der Waals surface area contributed by atoms with Crippen LogP contribution in [0.1, 0.15) is 17.7 Å². The SMILES string of the molecule is O=S(=O)(c1cnoc1)N1CCN(c2cc3c(nn2)CCC3)CC1. The Labute approximate surface area is 134 Å². The molecule has 0 unspecified atom stereocenters. The van der Waals surface area contributed by atoms with Gasteiger partial charge >= 0.3 is 0 Å². The number of aromatic nitrogens is 3. The summed E-state index contributed by atoms with van der Waals surface area (Å²) >= 11 is 0. The van der Waals surface area contributed by atoms with Crippen LogP contribution in [0.3, 0.4) is 0 Å². The number of hydrogen-bond donors (Lipinski definition) is 0. The van der Waals surface area contributed by atoms with Gasteiger partial charge in [-0.15, -0.1) is 5.10 Å². The molecule has 122 valence electrons. The predicted molar refractivity (Wildman–Crippen MR) is 81.5 cm³/mol. The van der Waals surface area contributed by atoms with E-state index >= 15 is 0 Å². The quantitative estimate of drug-likeness (QED) is 0.804. The largest absolute Gasteiger partial charge is 0.363 e. The first-order valence-corrected chi connectivity index (χ1v) is 9.08. The number of sulfonamides is 1. The molecule has 1 fully saturated rings. The molecule has 1 aliphatic carbocycles. The van der Waals surface area contributed by atoms with Crippen LogP contribution in [0.15, 0.2) is 27.9 Å². The van der Waals surface area contributed by atoms with E-state index in [0.29, 0.717) is 26.2 Å². The molecule has 0 N–H and O–H groups in total. The number of fused-ring (bicyclic) bond motifs is 1. The Morgan fingerprint density at radius 2 is 1.91 bits per heavy atom. The van der Waals surface area contributed by atoms with E-state index in [9.17, 15) is 8.42 Å². The number of piperazine rings is 1. The first kappa shape index (κ1) is 14.6. The van der Waals surface area contributed by atoms with E-state index in [0.717, 1.165) is 37.0 Å². The maximum atomic E-state index is 12.4. The summed E-state index contributed by atoms with van der Waals surface area (Å²) in [7, 11) is -3.52. The van der Waals surface area contributed by atoms with Gasteiger partial charge in [0.15, 0.2) is 5.82 Å². The molecule has 0 amide bonds. The molecule has 0 spiro atoms. The van der Waals surface area contributed by atoms with Crippen LogP contribution in [0, 0.1) is 0 Å². The zero-order valence-electron chi connectivity index (χ0n) is 12.6. The molecule has 1 aliphatic heterocycles. The highest BCUT2D eigenvalue weighted by molar-refractivity contribution is 7.89. The fourth-order valence-electron chi connectivity index (χ4n) is 3.10. The Morgan fingerprint density at radius 3 is 2.65 bits per heavy atom. The second-order valence-electron chi connectivity index (χ2n) is 5.78. The van der Waals surface area contributed by atoms with Crippen LogP contribution in [0.25, 0.3) is 0 Å². The lowest BCUT2D eigenvalue weighted by molar-refractivity contribution is 0.382. The molecule has 2 aliphatic rings. The van der Waals surface area contributed by atoms with E-state index < -0.39 is 10.0 Å². The Kier molecular flexibility index (Phi) is 3.53. The zero-order chi connectivity index (χ0) is 15.9. The molecule has 23 heavy (non-hydrogen) atoms. The van der Waals surface area contributed by atoms with E-state index in [1.165, 1.54) is 16.1 Å². The third kappa shape index (κ3) is 2.59. The molecule has 4 rings (SSSR count). The van der Waals surface area contributed by atoms with Crippen molar-refractivity contribution in [1.82, 2.24) is 19.7 Å². The van der Waals surface area contributed by atoms with Gasteiger partial charge in [0.05, 0.1) is 11.9 Å². The molecule has 1 saturated heterocycles. The summed E-state index contributed by atoms with van der Waals surface area (Å²) in [5.41, 5.74) is 2.37. The van der Waals surface area contributed by atoms with Crippen molar-refractivity contribution in [3.05, 3.63) is 29.8 Å². The lowest BCUT2D eigenvalue weighted by Gasteiger charge is -2.34. The Morgan fingerprint density at radius 1 is 1.09 bits per heavy atom. The molecule has 9 heteroatoms. The second kappa shape index (κ2) is 5.57. The number of hydrogen-bond acceptors (Lipinski definition) is 7. The predicted octanol–water partition coefficient (Wildman–Crippen LogP) is 0.464. The van der Waals surface area contributed by atoms with Gasteiger partial charge in [0.2, 0.25) is 10.0 Å². The highest BCUT2D eigenvalue weighted by atomic mass is 32.2. The van der Waals surface area contributed by atoms with E-state index in [-0.39, 0.29) is 4.90 Å². The Hall–Kier alpha value is -2.00. The molecule has 2 aromatic rings. The van der Waals surface area contributed by atoms with Crippen LogP contribution >= 0.6 is 0 Å². The zero-order valence-corrected chi connectivity index (χ0v) is 13.4. The number of rotatable bonds is 3. The van der Waals surface area contributed by atoms with Crippen LogP contribution in [-0.4, -0.2) is 54.3 Å². The first-order chi connectivity index (χ1) is 11.1. The monoisotopic (exact) mass is 335 g/mol. The Balaban J connectivity index is 1.47. The van der Waals surface area contributed by atoms with Crippen molar-refractivity contribution in [2.45, 2.75) is 24.2 Å². The van der Waals surface area contributed by atoms with E-state index in [4.69, 9.17) is 0 Å². The fraction of sp³-hybridized carbons (Fsp3) is 0.500. The van der Waals surface area contributed by atoms with Gasteiger partial charge in [-0.05, 0) is 30.9 Å². The lowest BCUT2D eigenvalue weighted by atomic mass is 10.2. The third-order valence-electron chi connectivity index (χ3n) is 4.42. The lowest BCUT2D eigenvalue weighted by Crippen LogP contribution is -2.48. The van der Waals surface area contributed by atoms with Crippen molar-refractivity contribution >= 4 is 15.8 Å². The van der Waals surface area contributed by atoms with Crippen molar-refractivity contribution < 1.29 is 12.9 Å². The minimum atomic E-state index is -3.52. The van der Waals surface area contributed by atoms with Crippen LogP contribution in [0.5, 0.6) is 0 Å². The molecule has 0 bridgehead atoms. The summed E-state index contributed by atoms with van der Waals surface area (Å²) in [6.07, 6.45) is 5.59. The van der Waals surface area contributed by atoms with Gasteiger partial charge in [-0.3, -0.25) is 0 Å². The average molecular weight is 335 g/mol. The summed E-state index contributed by atoms with van der Waals surface area (Å²) in [5.74, 6) is 0.840. The molecule has 3 heterocycles. The maximum Gasteiger partial charge on any atom is 0.248 e. The highest BCUT2D eigenvalue weighted by Gasteiger charge is 2.30. The van der Waals surface area contributed by atoms with Crippen LogP contribution < -0.4 is 4.90 Å². The van der Waals surface area contributed by atoms with Crippen molar-refractivity contribution in [2.24, 2.45) is 0 Å². The molecular formula is C14H17N5O3S. The summed E-state index contributed by atoms with van der Waals surface area (Å²) in [5, 5.41) is 12.1. The molecule has 0 saturated carbocycles. The molecule has 2 aromatic heterocycles. The molecule has 0 aromatic carbocycles. The Bertz CT molecular complexity index is 798. The summed E-state index contributed by atoms with van der Waals surface area (Å²) in [4.78, 5) is 2.19. The number of nitrogens with zero attached hydrogens (tertiary/aromatic N) is 5. The summed E-state index contributed by atoms with van der Waals surface area (Å²) < 4.78 is 30.9. The fourth-order valence-corrected chi connectivity index (χ4v) is 4.38. The van der Waals surface area contributed by atoms with Crippen molar-refractivity contribution in [1.29, 1.82) is 0 Å². The third-order valence-corrected chi connectivity index (χ3v) is 6.26. The standard InChI is InChI=1S/C14H17N5O3S/c20-23(21,12-9-15-22-10-12)19-6-4-18(5-7-19)14-8-11-2-1-3-13(11)16-17-14/h8-10H,1-7H2. The highest BCUT2D eigenvalue weighted by Crippen LogP contribution is 2.24.